The van der Waals surface area contributed by atoms with Crippen molar-refractivity contribution in [3.05, 3.63) is 53.4 Å². The molecule has 1 aromatic carbocycles. The molecule has 0 aliphatic carbocycles. The van der Waals surface area contributed by atoms with Crippen LogP contribution in [0.5, 0.6) is 5.75 Å². The third-order valence-electron chi connectivity index (χ3n) is 4.34. The number of nitrogens with one attached hydrogen (secondary N) is 1. The van der Waals surface area contributed by atoms with Crippen LogP contribution in [-0.4, -0.2) is 40.7 Å². The van der Waals surface area contributed by atoms with Crippen molar-refractivity contribution in [1.29, 1.82) is 0 Å². The number of ether oxygens (including phenoxy) is 1. The summed E-state index contributed by atoms with van der Waals surface area (Å²) in [6.45, 7) is 1.86. The molecule has 1 amide bonds. The number of aromatic amines is 1. The number of amides is 1. The molecule has 5 heteroatoms. The minimum Gasteiger partial charge on any atom is -0.488 e. The maximum atomic E-state index is 12.7. The van der Waals surface area contributed by atoms with Crippen LogP contribution < -0.4 is 4.74 Å². The number of fused-ring (bicyclic) bond motifs is 1. The van der Waals surface area contributed by atoms with Crippen LogP contribution >= 0.6 is 0 Å². The molecule has 0 bridgehead atoms. The average molecular weight is 295 g/mol. The Morgan fingerprint density at radius 3 is 3.09 bits per heavy atom. The molecule has 112 valence electrons. The van der Waals surface area contributed by atoms with Crippen LogP contribution in [0, 0.1) is 0 Å². The first-order valence-corrected chi connectivity index (χ1v) is 7.52. The number of hydrogen-bond acceptors (Lipinski definition) is 3. The molecule has 1 fully saturated rings. The summed E-state index contributed by atoms with van der Waals surface area (Å²) in [5.74, 6) is 1.27. The number of benzene rings is 1. The second-order valence-corrected chi connectivity index (χ2v) is 5.74. The highest BCUT2D eigenvalue weighted by atomic mass is 16.5. The Morgan fingerprint density at radius 1 is 1.32 bits per heavy atom. The summed E-state index contributed by atoms with van der Waals surface area (Å²) in [5, 5.41) is 7.00. The number of carbonyl (C=O) groups excluding carboxylic acids is 1. The van der Waals surface area contributed by atoms with Crippen molar-refractivity contribution < 1.29 is 9.53 Å². The van der Waals surface area contributed by atoms with Crippen molar-refractivity contribution >= 4 is 12.0 Å². The first kappa shape index (κ1) is 13.1. The molecule has 1 atom stereocenters. The zero-order chi connectivity index (χ0) is 14.9. The van der Waals surface area contributed by atoms with Gasteiger partial charge in [-0.05, 0) is 24.6 Å². The van der Waals surface area contributed by atoms with Gasteiger partial charge in [0.1, 0.15) is 12.4 Å². The number of rotatable bonds is 2. The fourth-order valence-corrected chi connectivity index (χ4v) is 3.14. The van der Waals surface area contributed by atoms with Gasteiger partial charge in [0.05, 0.1) is 5.57 Å². The smallest absolute Gasteiger partial charge is 0.253 e. The van der Waals surface area contributed by atoms with E-state index in [-0.39, 0.29) is 5.91 Å². The summed E-state index contributed by atoms with van der Waals surface area (Å²) in [6, 6.07) is 9.78. The number of para-hydroxylation sites is 1. The molecule has 1 unspecified atom stereocenters. The van der Waals surface area contributed by atoms with E-state index in [1.165, 1.54) is 0 Å². The number of hydrogen-bond donors (Lipinski definition) is 1. The molecule has 1 aromatic heterocycles. The quantitative estimate of drug-likeness (QED) is 0.924. The van der Waals surface area contributed by atoms with E-state index in [0.29, 0.717) is 12.5 Å². The van der Waals surface area contributed by atoms with Crippen LogP contribution in [0.3, 0.4) is 0 Å². The summed E-state index contributed by atoms with van der Waals surface area (Å²) in [4.78, 5) is 14.6. The van der Waals surface area contributed by atoms with Crippen molar-refractivity contribution in [2.24, 2.45) is 0 Å². The van der Waals surface area contributed by atoms with E-state index in [1.54, 1.807) is 6.20 Å². The number of aromatic nitrogens is 2. The highest BCUT2D eigenvalue weighted by Gasteiger charge is 2.30. The van der Waals surface area contributed by atoms with Gasteiger partial charge in [-0.25, -0.2) is 0 Å². The minimum absolute atomic E-state index is 0.0801. The van der Waals surface area contributed by atoms with Gasteiger partial charge in [0.15, 0.2) is 0 Å². The molecule has 1 N–H and O–H groups in total. The summed E-state index contributed by atoms with van der Waals surface area (Å²) in [7, 11) is 0. The maximum absolute atomic E-state index is 12.7. The third-order valence-corrected chi connectivity index (χ3v) is 4.34. The Hall–Kier alpha value is -2.56. The van der Waals surface area contributed by atoms with Gasteiger partial charge >= 0.3 is 0 Å². The van der Waals surface area contributed by atoms with Gasteiger partial charge in [0, 0.05) is 36.5 Å². The van der Waals surface area contributed by atoms with E-state index >= 15 is 0 Å². The van der Waals surface area contributed by atoms with E-state index in [1.807, 2.05) is 41.3 Å². The molecule has 22 heavy (non-hydrogen) atoms. The molecule has 2 aromatic rings. The van der Waals surface area contributed by atoms with Gasteiger partial charge in [-0.1, -0.05) is 18.2 Å². The number of carbonyl (C=O) groups is 1. The fraction of sp³-hybridized carbons (Fsp3) is 0.294. The molecule has 2 aliphatic rings. The highest BCUT2D eigenvalue weighted by molar-refractivity contribution is 5.99. The monoisotopic (exact) mass is 295 g/mol. The lowest BCUT2D eigenvalue weighted by Gasteiger charge is -2.22. The van der Waals surface area contributed by atoms with Crippen molar-refractivity contribution in [3.8, 4) is 5.75 Å². The lowest BCUT2D eigenvalue weighted by atomic mass is 10.1. The Kier molecular flexibility index (Phi) is 3.18. The Labute approximate surface area is 128 Å². The average Bonchev–Trinajstić information content (AvgIpc) is 3.24. The summed E-state index contributed by atoms with van der Waals surface area (Å²) in [5.41, 5.74) is 2.81. The van der Waals surface area contributed by atoms with Crippen LogP contribution in [0.2, 0.25) is 0 Å². The number of likely N-dealkylation sites (tertiary alicyclic amines) is 1. The molecule has 0 spiro atoms. The lowest BCUT2D eigenvalue weighted by Crippen LogP contribution is -2.32. The Balaban J connectivity index is 1.50. The molecule has 0 radical (unpaired) electrons. The highest BCUT2D eigenvalue weighted by Crippen LogP contribution is 2.30. The topological polar surface area (TPSA) is 58.2 Å². The predicted octanol–water partition coefficient (Wildman–Crippen LogP) is 2.20. The molecular formula is C17H17N3O2. The second kappa shape index (κ2) is 5.33. The standard InChI is InChI=1S/C17H17N3O2/c21-17(14-9-12-3-1-2-4-16(12)22-11-14)20-8-6-13(10-20)15-5-7-18-19-15/h1-5,7,9,13H,6,8,10-11H2,(H,18,19). The summed E-state index contributed by atoms with van der Waals surface area (Å²) < 4.78 is 5.68. The lowest BCUT2D eigenvalue weighted by molar-refractivity contribution is -0.126. The van der Waals surface area contributed by atoms with Crippen molar-refractivity contribution in [2.45, 2.75) is 12.3 Å². The zero-order valence-corrected chi connectivity index (χ0v) is 12.2. The molecule has 0 saturated carbocycles. The van der Waals surface area contributed by atoms with Crippen molar-refractivity contribution in [2.75, 3.05) is 19.7 Å². The Morgan fingerprint density at radius 2 is 2.23 bits per heavy atom. The van der Waals surface area contributed by atoms with E-state index in [9.17, 15) is 4.79 Å². The summed E-state index contributed by atoms with van der Waals surface area (Å²) >= 11 is 0. The third kappa shape index (κ3) is 2.28. The van der Waals surface area contributed by atoms with E-state index in [0.717, 1.165) is 42.1 Å². The molecule has 5 nitrogen and oxygen atoms in total. The van der Waals surface area contributed by atoms with Crippen molar-refractivity contribution in [1.82, 2.24) is 15.1 Å². The van der Waals surface area contributed by atoms with Gasteiger partial charge in [-0.3, -0.25) is 9.89 Å². The van der Waals surface area contributed by atoms with Gasteiger partial charge in [-0.15, -0.1) is 0 Å². The maximum Gasteiger partial charge on any atom is 0.253 e. The molecule has 4 rings (SSSR count). The number of nitrogens with zero attached hydrogens (tertiary/aromatic N) is 2. The summed E-state index contributed by atoms with van der Waals surface area (Å²) in [6.07, 6.45) is 4.68. The van der Waals surface area contributed by atoms with Gasteiger partial charge in [-0.2, -0.15) is 5.10 Å². The SMILES string of the molecule is O=C(C1=Cc2ccccc2OC1)N1CCC(c2ccn[nH]2)C1. The first-order valence-electron chi connectivity index (χ1n) is 7.52. The Bertz CT molecular complexity index is 721. The first-order chi connectivity index (χ1) is 10.8. The molecule has 2 aliphatic heterocycles. The van der Waals surface area contributed by atoms with Gasteiger partial charge < -0.3 is 9.64 Å². The zero-order valence-electron chi connectivity index (χ0n) is 12.2. The number of H-pyrrole nitrogens is 1. The van der Waals surface area contributed by atoms with Gasteiger partial charge in [0.2, 0.25) is 0 Å². The van der Waals surface area contributed by atoms with Crippen LogP contribution in [0.1, 0.15) is 23.6 Å². The van der Waals surface area contributed by atoms with E-state index in [2.05, 4.69) is 10.2 Å². The van der Waals surface area contributed by atoms with Crippen LogP contribution in [0.4, 0.5) is 0 Å². The van der Waals surface area contributed by atoms with Crippen LogP contribution in [-0.2, 0) is 4.79 Å². The molecule has 3 heterocycles. The van der Waals surface area contributed by atoms with Crippen LogP contribution in [0.15, 0.2) is 42.1 Å². The second-order valence-electron chi connectivity index (χ2n) is 5.74. The molecule has 1 saturated heterocycles. The largest absolute Gasteiger partial charge is 0.488 e. The minimum atomic E-state index is 0.0801. The van der Waals surface area contributed by atoms with E-state index in [4.69, 9.17) is 4.74 Å². The van der Waals surface area contributed by atoms with Crippen molar-refractivity contribution in [3.63, 3.8) is 0 Å². The normalized spacial score (nSPS) is 20.3. The van der Waals surface area contributed by atoms with E-state index < -0.39 is 0 Å². The van der Waals surface area contributed by atoms with Gasteiger partial charge in [0.25, 0.3) is 5.91 Å². The van der Waals surface area contributed by atoms with Crippen LogP contribution in [0.25, 0.3) is 6.08 Å². The predicted molar refractivity (Wildman–Crippen MR) is 82.4 cm³/mol. The molecular weight excluding hydrogens is 278 g/mol. The fourth-order valence-electron chi connectivity index (χ4n) is 3.14.